The van der Waals surface area contributed by atoms with Crippen molar-refractivity contribution >= 4 is 22.6 Å². The van der Waals surface area contributed by atoms with E-state index in [4.69, 9.17) is 11.6 Å². The van der Waals surface area contributed by atoms with Crippen LogP contribution in [0.4, 0.5) is 0 Å². The SMILES string of the molecule is CC=CCCn1c(=O)c(-c2ccccc2Cl)cc2cccnc21. The highest BCUT2D eigenvalue weighted by Gasteiger charge is 2.13. The molecule has 0 saturated carbocycles. The number of allylic oxidation sites excluding steroid dienone is 2. The number of fused-ring (bicyclic) bond motifs is 1. The van der Waals surface area contributed by atoms with Crippen LogP contribution in [-0.2, 0) is 6.54 Å². The van der Waals surface area contributed by atoms with Crippen LogP contribution in [0.15, 0.2) is 65.6 Å². The van der Waals surface area contributed by atoms with Crippen LogP contribution >= 0.6 is 11.6 Å². The van der Waals surface area contributed by atoms with Crippen molar-refractivity contribution in [2.75, 3.05) is 0 Å². The Labute approximate surface area is 139 Å². The predicted octanol–water partition coefficient (Wildman–Crippen LogP) is 4.68. The van der Waals surface area contributed by atoms with Gasteiger partial charge in [0, 0.05) is 34.3 Å². The van der Waals surface area contributed by atoms with Crippen molar-refractivity contribution in [3.05, 3.63) is 76.2 Å². The lowest BCUT2D eigenvalue weighted by molar-refractivity contribution is 0.702. The van der Waals surface area contributed by atoms with Crippen molar-refractivity contribution < 1.29 is 0 Å². The zero-order valence-corrected chi connectivity index (χ0v) is 13.6. The first-order chi connectivity index (χ1) is 11.2. The zero-order chi connectivity index (χ0) is 16.2. The highest BCUT2D eigenvalue weighted by Crippen LogP contribution is 2.27. The van der Waals surface area contributed by atoms with E-state index in [1.165, 1.54) is 0 Å². The first-order valence-electron chi connectivity index (χ1n) is 7.57. The van der Waals surface area contributed by atoms with E-state index in [1.807, 2.05) is 55.5 Å². The molecule has 0 saturated heterocycles. The van der Waals surface area contributed by atoms with Gasteiger partial charge in [-0.25, -0.2) is 4.98 Å². The molecule has 0 aliphatic rings. The van der Waals surface area contributed by atoms with Gasteiger partial charge in [0.1, 0.15) is 5.65 Å². The molecule has 116 valence electrons. The Morgan fingerprint density at radius 2 is 2.00 bits per heavy atom. The lowest BCUT2D eigenvalue weighted by atomic mass is 10.1. The molecule has 0 bridgehead atoms. The number of aromatic nitrogens is 2. The maximum atomic E-state index is 13.0. The summed E-state index contributed by atoms with van der Waals surface area (Å²) in [7, 11) is 0. The average Bonchev–Trinajstić information content (AvgIpc) is 2.57. The van der Waals surface area contributed by atoms with Gasteiger partial charge < -0.3 is 0 Å². The molecule has 0 atom stereocenters. The van der Waals surface area contributed by atoms with E-state index in [0.717, 1.165) is 17.4 Å². The van der Waals surface area contributed by atoms with Crippen LogP contribution in [0.3, 0.4) is 0 Å². The summed E-state index contributed by atoms with van der Waals surface area (Å²) in [6, 6.07) is 13.1. The van der Waals surface area contributed by atoms with Gasteiger partial charge in [0.05, 0.1) is 0 Å². The molecule has 0 aliphatic carbocycles. The summed E-state index contributed by atoms with van der Waals surface area (Å²) in [5.74, 6) is 0. The summed E-state index contributed by atoms with van der Waals surface area (Å²) in [5, 5.41) is 1.51. The molecule has 0 amide bonds. The second-order valence-electron chi connectivity index (χ2n) is 5.27. The van der Waals surface area contributed by atoms with E-state index < -0.39 is 0 Å². The molecule has 3 rings (SSSR count). The smallest absolute Gasteiger partial charge is 0.260 e. The van der Waals surface area contributed by atoms with Crippen molar-refractivity contribution in [3.8, 4) is 11.1 Å². The number of hydrogen-bond acceptors (Lipinski definition) is 2. The Morgan fingerprint density at radius 1 is 1.17 bits per heavy atom. The van der Waals surface area contributed by atoms with E-state index in [-0.39, 0.29) is 5.56 Å². The normalized spacial score (nSPS) is 11.4. The minimum Gasteiger partial charge on any atom is -0.292 e. The Morgan fingerprint density at radius 3 is 2.78 bits per heavy atom. The van der Waals surface area contributed by atoms with Crippen molar-refractivity contribution in [2.45, 2.75) is 19.9 Å². The first kappa shape index (κ1) is 15.5. The number of benzene rings is 1. The lowest BCUT2D eigenvalue weighted by Crippen LogP contribution is -2.23. The highest BCUT2D eigenvalue weighted by atomic mass is 35.5. The molecular formula is C19H17ClN2O. The summed E-state index contributed by atoms with van der Waals surface area (Å²) in [6.45, 7) is 2.56. The Hall–Kier alpha value is -2.39. The standard InChI is InChI=1S/C19H17ClN2O/c1-2-3-6-12-22-18-14(8-7-11-21-18)13-16(19(22)23)15-9-4-5-10-17(15)20/h2-5,7-11,13H,6,12H2,1H3. The average molecular weight is 325 g/mol. The molecule has 0 fully saturated rings. The summed E-state index contributed by atoms with van der Waals surface area (Å²) < 4.78 is 1.73. The van der Waals surface area contributed by atoms with Gasteiger partial charge in [0.2, 0.25) is 0 Å². The van der Waals surface area contributed by atoms with Gasteiger partial charge >= 0.3 is 0 Å². The first-order valence-corrected chi connectivity index (χ1v) is 7.95. The molecule has 23 heavy (non-hydrogen) atoms. The summed E-state index contributed by atoms with van der Waals surface area (Å²) in [4.78, 5) is 17.4. The van der Waals surface area contributed by atoms with Crippen molar-refractivity contribution in [2.24, 2.45) is 0 Å². The monoisotopic (exact) mass is 324 g/mol. The summed E-state index contributed by atoms with van der Waals surface area (Å²) >= 11 is 6.29. The van der Waals surface area contributed by atoms with Gasteiger partial charge in [0.15, 0.2) is 0 Å². The molecule has 3 nitrogen and oxygen atoms in total. The number of halogens is 1. The fourth-order valence-corrected chi connectivity index (χ4v) is 2.89. The van der Waals surface area contributed by atoms with Gasteiger partial charge in [-0.2, -0.15) is 0 Å². The van der Waals surface area contributed by atoms with Crippen LogP contribution in [0.25, 0.3) is 22.2 Å². The molecule has 0 unspecified atom stereocenters. The fraction of sp³-hybridized carbons (Fsp3) is 0.158. The minimum atomic E-state index is -0.0613. The molecule has 2 aromatic heterocycles. The number of nitrogens with zero attached hydrogens (tertiary/aromatic N) is 2. The van der Waals surface area contributed by atoms with Crippen LogP contribution in [0.2, 0.25) is 5.02 Å². The third kappa shape index (κ3) is 3.06. The third-order valence-corrected chi connectivity index (χ3v) is 4.10. The molecule has 0 radical (unpaired) electrons. The second kappa shape index (κ2) is 6.80. The summed E-state index contributed by atoms with van der Waals surface area (Å²) in [5.41, 5.74) is 2.01. The maximum absolute atomic E-state index is 13.0. The van der Waals surface area contributed by atoms with E-state index in [2.05, 4.69) is 4.98 Å². The van der Waals surface area contributed by atoms with Gasteiger partial charge in [-0.15, -0.1) is 0 Å². The van der Waals surface area contributed by atoms with E-state index in [0.29, 0.717) is 22.8 Å². The van der Waals surface area contributed by atoms with Gasteiger partial charge in [-0.3, -0.25) is 9.36 Å². The maximum Gasteiger partial charge on any atom is 0.260 e. The molecule has 0 spiro atoms. The van der Waals surface area contributed by atoms with E-state index in [9.17, 15) is 4.79 Å². The van der Waals surface area contributed by atoms with Crippen LogP contribution in [0.1, 0.15) is 13.3 Å². The van der Waals surface area contributed by atoms with E-state index in [1.54, 1.807) is 16.8 Å². The Bertz CT molecular complexity index is 928. The quantitative estimate of drug-likeness (QED) is 0.653. The topological polar surface area (TPSA) is 34.9 Å². The molecular weight excluding hydrogens is 308 g/mol. The molecule has 2 heterocycles. The summed E-state index contributed by atoms with van der Waals surface area (Å²) in [6.07, 6.45) is 6.53. The molecule has 0 N–H and O–H groups in total. The molecule has 4 heteroatoms. The Balaban J connectivity index is 2.26. The number of aryl methyl sites for hydroxylation is 1. The van der Waals surface area contributed by atoms with Crippen LogP contribution in [0, 0.1) is 0 Å². The molecule has 0 aliphatic heterocycles. The lowest BCUT2D eigenvalue weighted by Gasteiger charge is -2.12. The van der Waals surface area contributed by atoms with Crippen molar-refractivity contribution in [1.82, 2.24) is 9.55 Å². The Kier molecular flexibility index (Phi) is 4.58. The van der Waals surface area contributed by atoms with Crippen LogP contribution in [0.5, 0.6) is 0 Å². The number of pyridine rings is 2. The number of hydrogen-bond donors (Lipinski definition) is 0. The van der Waals surface area contributed by atoms with E-state index >= 15 is 0 Å². The predicted molar refractivity (Wildman–Crippen MR) is 95.9 cm³/mol. The number of rotatable bonds is 4. The van der Waals surface area contributed by atoms with Crippen LogP contribution in [-0.4, -0.2) is 9.55 Å². The zero-order valence-electron chi connectivity index (χ0n) is 12.9. The van der Waals surface area contributed by atoms with Crippen molar-refractivity contribution in [1.29, 1.82) is 0 Å². The van der Waals surface area contributed by atoms with Crippen molar-refractivity contribution in [3.63, 3.8) is 0 Å². The van der Waals surface area contributed by atoms with Crippen LogP contribution < -0.4 is 5.56 Å². The van der Waals surface area contributed by atoms with Gasteiger partial charge in [-0.05, 0) is 37.6 Å². The fourth-order valence-electron chi connectivity index (χ4n) is 2.66. The highest BCUT2D eigenvalue weighted by molar-refractivity contribution is 6.33. The molecule has 3 aromatic rings. The third-order valence-electron chi connectivity index (χ3n) is 3.77. The second-order valence-corrected chi connectivity index (χ2v) is 5.68. The van der Waals surface area contributed by atoms with Gasteiger partial charge in [-0.1, -0.05) is 42.0 Å². The largest absolute Gasteiger partial charge is 0.292 e. The van der Waals surface area contributed by atoms with Gasteiger partial charge in [0.25, 0.3) is 5.56 Å². The minimum absolute atomic E-state index is 0.0613. The molecule has 1 aromatic carbocycles.